The van der Waals surface area contributed by atoms with Crippen LogP contribution in [0.15, 0.2) is 39.1 Å². The Balaban J connectivity index is 1.60. The molecule has 0 spiro atoms. The number of hydrogen-bond donors (Lipinski definition) is 1. The highest BCUT2D eigenvalue weighted by molar-refractivity contribution is 8.00. The number of carbonyl (C=O) groups excluding carboxylic acids is 1. The number of rotatable bonds is 7. The number of anilines is 1. The molecule has 2 aromatic heterocycles. The average Bonchev–Trinajstić information content (AvgIpc) is 3.36. The SMILES string of the molecule is CCOc1ccc(-n2c(SCC(=O)Nc3nnc(C)s3)nc3c(c2=O)SCC3)cc1. The Morgan fingerprint density at radius 3 is 2.80 bits per heavy atom. The van der Waals surface area contributed by atoms with E-state index in [0.717, 1.165) is 28.6 Å². The highest BCUT2D eigenvalue weighted by atomic mass is 32.2. The molecule has 156 valence electrons. The van der Waals surface area contributed by atoms with Crippen molar-refractivity contribution >= 4 is 45.9 Å². The first-order chi connectivity index (χ1) is 14.5. The fourth-order valence-corrected chi connectivity index (χ4v) is 5.37. The number of amides is 1. The van der Waals surface area contributed by atoms with Gasteiger partial charge in [-0.15, -0.1) is 22.0 Å². The summed E-state index contributed by atoms with van der Waals surface area (Å²) in [5.74, 6) is 1.46. The van der Waals surface area contributed by atoms with Crippen LogP contribution in [-0.2, 0) is 11.2 Å². The van der Waals surface area contributed by atoms with Crippen molar-refractivity contribution < 1.29 is 9.53 Å². The maximum atomic E-state index is 13.2. The summed E-state index contributed by atoms with van der Waals surface area (Å²) in [6.45, 7) is 4.31. The van der Waals surface area contributed by atoms with Crippen LogP contribution in [0.3, 0.4) is 0 Å². The summed E-state index contributed by atoms with van der Waals surface area (Å²) in [6, 6.07) is 7.30. The third-order valence-corrected chi connectivity index (χ3v) is 6.98. The predicted octanol–water partition coefficient (Wildman–Crippen LogP) is 3.17. The number of carbonyl (C=O) groups is 1. The summed E-state index contributed by atoms with van der Waals surface area (Å²) in [5, 5.41) is 12.3. The van der Waals surface area contributed by atoms with Gasteiger partial charge in [-0.1, -0.05) is 23.1 Å². The molecule has 4 rings (SSSR count). The number of nitrogens with one attached hydrogen (secondary N) is 1. The zero-order chi connectivity index (χ0) is 21.1. The summed E-state index contributed by atoms with van der Waals surface area (Å²) in [6.07, 6.45) is 0.753. The van der Waals surface area contributed by atoms with Crippen molar-refractivity contribution in [2.45, 2.75) is 30.3 Å². The van der Waals surface area contributed by atoms with Crippen molar-refractivity contribution in [3.8, 4) is 11.4 Å². The molecular formula is C19H19N5O3S3. The number of benzene rings is 1. The molecule has 0 unspecified atom stereocenters. The first-order valence-electron chi connectivity index (χ1n) is 9.30. The van der Waals surface area contributed by atoms with Crippen LogP contribution in [0.4, 0.5) is 5.13 Å². The molecule has 0 saturated heterocycles. The maximum absolute atomic E-state index is 13.2. The fraction of sp³-hybridized carbons (Fsp3) is 0.316. The minimum atomic E-state index is -0.224. The molecule has 0 fully saturated rings. The fourth-order valence-electron chi connectivity index (χ4n) is 2.91. The third-order valence-electron chi connectivity index (χ3n) is 4.18. The summed E-state index contributed by atoms with van der Waals surface area (Å²) < 4.78 is 7.06. The second-order valence-corrected chi connectivity index (χ2v) is 9.53. The van der Waals surface area contributed by atoms with E-state index in [9.17, 15) is 9.59 Å². The molecule has 3 aromatic rings. The summed E-state index contributed by atoms with van der Waals surface area (Å²) in [5.41, 5.74) is 1.39. The first-order valence-corrected chi connectivity index (χ1v) is 12.1. The summed E-state index contributed by atoms with van der Waals surface area (Å²) >= 11 is 4.07. The van der Waals surface area contributed by atoms with Gasteiger partial charge in [-0.3, -0.25) is 19.5 Å². The van der Waals surface area contributed by atoms with Gasteiger partial charge in [0.2, 0.25) is 11.0 Å². The molecule has 11 heteroatoms. The van der Waals surface area contributed by atoms with Crippen LogP contribution >= 0.6 is 34.9 Å². The number of aryl methyl sites for hydroxylation is 2. The molecular weight excluding hydrogens is 442 g/mol. The highest BCUT2D eigenvalue weighted by Crippen LogP contribution is 2.30. The Bertz CT molecular complexity index is 1130. The van der Waals surface area contributed by atoms with Gasteiger partial charge in [0.25, 0.3) is 5.56 Å². The van der Waals surface area contributed by atoms with E-state index in [0.29, 0.717) is 27.5 Å². The van der Waals surface area contributed by atoms with E-state index in [1.54, 1.807) is 4.57 Å². The molecule has 30 heavy (non-hydrogen) atoms. The molecule has 0 aliphatic carbocycles. The van der Waals surface area contributed by atoms with Gasteiger partial charge in [-0.05, 0) is 38.1 Å². The molecule has 1 aliphatic heterocycles. The third kappa shape index (κ3) is 4.52. The lowest BCUT2D eigenvalue weighted by atomic mass is 10.3. The lowest BCUT2D eigenvalue weighted by molar-refractivity contribution is -0.113. The van der Waals surface area contributed by atoms with E-state index >= 15 is 0 Å². The highest BCUT2D eigenvalue weighted by Gasteiger charge is 2.23. The van der Waals surface area contributed by atoms with E-state index in [1.165, 1.54) is 34.9 Å². The number of nitrogens with zero attached hydrogens (tertiary/aromatic N) is 4. The second kappa shape index (κ2) is 9.19. The second-order valence-electron chi connectivity index (χ2n) is 6.30. The maximum Gasteiger partial charge on any atom is 0.272 e. The van der Waals surface area contributed by atoms with Crippen molar-refractivity contribution in [3.05, 3.63) is 45.3 Å². The van der Waals surface area contributed by atoms with Gasteiger partial charge in [-0.25, -0.2) is 4.98 Å². The Hall–Kier alpha value is -2.37. The topological polar surface area (TPSA) is 99.0 Å². The zero-order valence-corrected chi connectivity index (χ0v) is 18.8. The van der Waals surface area contributed by atoms with Crippen molar-refractivity contribution in [2.75, 3.05) is 23.4 Å². The number of aromatic nitrogens is 4. The summed E-state index contributed by atoms with van der Waals surface area (Å²) in [7, 11) is 0. The van der Waals surface area contributed by atoms with Crippen molar-refractivity contribution in [3.63, 3.8) is 0 Å². The predicted molar refractivity (Wildman–Crippen MR) is 119 cm³/mol. The van der Waals surface area contributed by atoms with Gasteiger partial charge in [0, 0.05) is 12.2 Å². The molecule has 3 heterocycles. The monoisotopic (exact) mass is 461 g/mol. The van der Waals surface area contributed by atoms with E-state index in [-0.39, 0.29) is 17.2 Å². The van der Waals surface area contributed by atoms with Gasteiger partial charge in [0.15, 0.2) is 5.16 Å². The number of hydrogen-bond acceptors (Lipinski definition) is 9. The van der Waals surface area contributed by atoms with Crippen LogP contribution in [0, 0.1) is 6.92 Å². The van der Waals surface area contributed by atoms with Crippen LogP contribution < -0.4 is 15.6 Å². The van der Waals surface area contributed by atoms with Gasteiger partial charge < -0.3 is 4.74 Å². The largest absolute Gasteiger partial charge is 0.494 e. The van der Waals surface area contributed by atoms with Gasteiger partial charge in [-0.2, -0.15) is 0 Å². The van der Waals surface area contributed by atoms with Crippen LogP contribution in [0.25, 0.3) is 5.69 Å². The molecule has 1 N–H and O–H groups in total. The minimum absolute atomic E-state index is 0.102. The van der Waals surface area contributed by atoms with E-state index in [2.05, 4.69) is 15.5 Å². The standard InChI is InChI=1S/C19H19N5O3S3/c1-3-27-13-6-4-12(5-7-13)24-17(26)16-14(8-9-28-16)20-19(24)29-10-15(25)21-18-23-22-11(2)30-18/h4-7H,3,8-10H2,1-2H3,(H,21,23,25). The van der Waals surface area contributed by atoms with Crippen LogP contribution in [-0.4, -0.2) is 43.8 Å². The van der Waals surface area contributed by atoms with E-state index in [4.69, 9.17) is 9.72 Å². The van der Waals surface area contributed by atoms with Crippen molar-refractivity contribution in [1.82, 2.24) is 19.7 Å². The number of fused-ring (bicyclic) bond motifs is 1. The molecule has 1 amide bonds. The molecule has 0 saturated carbocycles. The van der Waals surface area contributed by atoms with Crippen molar-refractivity contribution in [2.24, 2.45) is 0 Å². The Morgan fingerprint density at radius 2 is 2.10 bits per heavy atom. The van der Waals surface area contributed by atoms with Gasteiger partial charge >= 0.3 is 0 Å². The zero-order valence-electron chi connectivity index (χ0n) is 16.4. The minimum Gasteiger partial charge on any atom is -0.494 e. The Morgan fingerprint density at radius 1 is 1.30 bits per heavy atom. The summed E-state index contributed by atoms with van der Waals surface area (Å²) in [4.78, 5) is 30.9. The molecule has 1 aliphatic rings. The van der Waals surface area contributed by atoms with E-state index in [1.807, 2.05) is 38.1 Å². The molecule has 1 aromatic carbocycles. The lowest BCUT2D eigenvalue weighted by Gasteiger charge is -2.14. The quantitative estimate of drug-likeness (QED) is 0.423. The average molecular weight is 462 g/mol. The van der Waals surface area contributed by atoms with Crippen LogP contribution in [0.5, 0.6) is 5.75 Å². The van der Waals surface area contributed by atoms with E-state index < -0.39 is 0 Å². The smallest absolute Gasteiger partial charge is 0.272 e. The first kappa shape index (κ1) is 20.9. The van der Waals surface area contributed by atoms with Crippen molar-refractivity contribution in [1.29, 1.82) is 0 Å². The van der Waals surface area contributed by atoms with Gasteiger partial charge in [0.05, 0.1) is 28.6 Å². The molecule has 0 radical (unpaired) electrons. The Labute approximate surface area is 185 Å². The number of ether oxygens (including phenoxy) is 1. The lowest BCUT2D eigenvalue weighted by Crippen LogP contribution is -2.24. The molecule has 8 nitrogen and oxygen atoms in total. The molecule has 0 bridgehead atoms. The van der Waals surface area contributed by atoms with Crippen LogP contribution in [0.1, 0.15) is 17.6 Å². The normalized spacial score (nSPS) is 12.6. The molecule has 0 atom stereocenters. The Kier molecular flexibility index (Phi) is 6.40. The van der Waals surface area contributed by atoms with Crippen LogP contribution in [0.2, 0.25) is 0 Å². The van der Waals surface area contributed by atoms with Gasteiger partial charge in [0.1, 0.15) is 10.8 Å². The number of thioether (sulfide) groups is 2.